The van der Waals surface area contributed by atoms with Gasteiger partial charge in [-0.1, -0.05) is 0 Å². The summed E-state index contributed by atoms with van der Waals surface area (Å²) in [6.07, 6.45) is 5.81. The van der Waals surface area contributed by atoms with Crippen LogP contribution in [0.1, 0.15) is 12.8 Å². The Morgan fingerprint density at radius 2 is 2.29 bits per heavy atom. The van der Waals surface area contributed by atoms with E-state index >= 15 is 0 Å². The molecule has 1 N–H and O–H groups in total. The summed E-state index contributed by atoms with van der Waals surface area (Å²) < 4.78 is 5.36. The lowest BCUT2D eigenvalue weighted by molar-refractivity contribution is 0.0747. The van der Waals surface area contributed by atoms with Crippen LogP contribution in [0.15, 0.2) is 33.7 Å². The number of ether oxygens (including phenoxy) is 1. The Morgan fingerprint density at radius 3 is 2.94 bits per heavy atom. The van der Waals surface area contributed by atoms with Crippen LogP contribution in [-0.2, 0) is 4.74 Å². The molecule has 17 heavy (non-hydrogen) atoms. The summed E-state index contributed by atoms with van der Waals surface area (Å²) in [5.74, 6) is 0.514. The first-order chi connectivity index (χ1) is 8.35. The molecule has 2 aliphatic rings. The van der Waals surface area contributed by atoms with E-state index in [4.69, 9.17) is 16.3 Å². The molecule has 2 heterocycles. The first kappa shape index (κ1) is 12.3. The van der Waals surface area contributed by atoms with Crippen LogP contribution in [0, 0.1) is 5.92 Å². The van der Waals surface area contributed by atoms with Gasteiger partial charge in [-0.2, -0.15) is 0 Å². The minimum atomic E-state index is 0.253. The number of rotatable bonds is 3. The average molecular weight is 254 g/mol. The van der Waals surface area contributed by atoms with Gasteiger partial charge in [0.25, 0.3) is 0 Å². The molecule has 2 rings (SSSR count). The molecular formula is C12H16ClN3O. The van der Waals surface area contributed by atoms with E-state index in [1.807, 2.05) is 0 Å². The van der Waals surface area contributed by atoms with Crippen molar-refractivity contribution in [1.82, 2.24) is 5.32 Å². The number of hydrogen-bond donors (Lipinski definition) is 1. The molecule has 0 aliphatic carbocycles. The predicted octanol–water partition coefficient (Wildman–Crippen LogP) is 2.08. The van der Waals surface area contributed by atoms with E-state index in [-0.39, 0.29) is 6.00 Å². The molecule has 0 amide bonds. The highest BCUT2D eigenvalue weighted by molar-refractivity contribution is 6.20. The van der Waals surface area contributed by atoms with Crippen LogP contribution < -0.4 is 5.32 Å². The minimum absolute atomic E-state index is 0.253. The molecule has 0 spiro atoms. The van der Waals surface area contributed by atoms with Gasteiger partial charge in [-0.25, -0.2) is 0 Å². The van der Waals surface area contributed by atoms with Gasteiger partial charge in [0, 0.05) is 24.8 Å². The Balaban J connectivity index is 2.14. The summed E-state index contributed by atoms with van der Waals surface area (Å²) in [4.78, 5) is 8.00. The zero-order valence-corrected chi connectivity index (χ0v) is 10.4. The summed E-state index contributed by atoms with van der Waals surface area (Å²) in [5.41, 5.74) is 2.92. The Kier molecular flexibility index (Phi) is 4.34. The molecule has 1 saturated heterocycles. The van der Waals surface area contributed by atoms with Crippen molar-refractivity contribution in [3.05, 3.63) is 23.7 Å². The maximum absolute atomic E-state index is 5.64. The van der Waals surface area contributed by atoms with Crippen LogP contribution >= 0.6 is 11.6 Å². The van der Waals surface area contributed by atoms with E-state index in [0.29, 0.717) is 5.92 Å². The van der Waals surface area contributed by atoms with Gasteiger partial charge in [0.05, 0.1) is 17.6 Å². The Hall–Kier alpha value is -1.13. The van der Waals surface area contributed by atoms with Gasteiger partial charge in [0.1, 0.15) is 6.00 Å². The molecule has 0 atom stereocenters. The summed E-state index contributed by atoms with van der Waals surface area (Å²) >= 11 is 5.64. The second kappa shape index (κ2) is 5.98. The molecule has 0 aromatic rings. The molecule has 0 radical (unpaired) electrons. The number of nitrogens with zero attached hydrogens (tertiary/aromatic N) is 2. The molecule has 0 unspecified atom stereocenters. The lowest BCUT2D eigenvalue weighted by Crippen LogP contribution is -2.22. The van der Waals surface area contributed by atoms with Crippen LogP contribution in [0.4, 0.5) is 0 Å². The number of allylic oxidation sites excluding steroid dienone is 2. The Labute approximate surface area is 106 Å². The van der Waals surface area contributed by atoms with Crippen molar-refractivity contribution >= 4 is 24.0 Å². The Bertz CT molecular complexity index is 381. The highest BCUT2D eigenvalue weighted by atomic mass is 35.5. The first-order valence-corrected chi connectivity index (χ1v) is 6.21. The van der Waals surface area contributed by atoms with Crippen molar-refractivity contribution in [3.63, 3.8) is 0 Å². The van der Waals surface area contributed by atoms with E-state index in [2.05, 4.69) is 28.1 Å². The van der Waals surface area contributed by atoms with Crippen molar-refractivity contribution in [2.45, 2.75) is 12.8 Å². The van der Waals surface area contributed by atoms with E-state index in [1.54, 1.807) is 6.20 Å². The van der Waals surface area contributed by atoms with Crippen LogP contribution in [0.3, 0.4) is 0 Å². The molecule has 0 saturated carbocycles. The van der Waals surface area contributed by atoms with Crippen molar-refractivity contribution in [3.8, 4) is 0 Å². The third-order valence-electron chi connectivity index (χ3n) is 2.96. The molecule has 4 nitrogen and oxygen atoms in total. The third-order valence-corrected chi connectivity index (χ3v) is 3.08. The van der Waals surface area contributed by atoms with E-state index in [0.717, 1.165) is 37.5 Å². The monoisotopic (exact) mass is 253 g/mol. The van der Waals surface area contributed by atoms with Gasteiger partial charge < -0.3 is 10.1 Å². The van der Waals surface area contributed by atoms with Crippen molar-refractivity contribution < 1.29 is 4.74 Å². The highest BCUT2D eigenvalue weighted by Gasteiger charge is 2.24. The van der Waals surface area contributed by atoms with Gasteiger partial charge in [-0.3, -0.25) is 9.98 Å². The molecule has 0 bridgehead atoms. The second-order valence-electron chi connectivity index (χ2n) is 4.00. The topological polar surface area (TPSA) is 46.0 Å². The SMILES string of the molecule is C=N/C=C1/NC(C2CCOCC2)=C/C1=N/CCl. The minimum Gasteiger partial charge on any atom is -0.381 e. The molecule has 92 valence electrons. The molecule has 1 fully saturated rings. The van der Waals surface area contributed by atoms with Gasteiger partial charge in [0.2, 0.25) is 0 Å². The second-order valence-corrected chi connectivity index (χ2v) is 4.24. The fourth-order valence-electron chi connectivity index (χ4n) is 2.09. The van der Waals surface area contributed by atoms with Crippen molar-refractivity contribution in [2.24, 2.45) is 15.9 Å². The normalized spacial score (nSPS) is 26.1. The molecule has 0 aromatic carbocycles. The van der Waals surface area contributed by atoms with Crippen LogP contribution in [-0.4, -0.2) is 31.6 Å². The van der Waals surface area contributed by atoms with Crippen LogP contribution in [0.25, 0.3) is 0 Å². The predicted molar refractivity (Wildman–Crippen MR) is 70.5 cm³/mol. The van der Waals surface area contributed by atoms with Crippen LogP contribution in [0.5, 0.6) is 0 Å². The largest absolute Gasteiger partial charge is 0.381 e. The maximum atomic E-state index is 5.64. The highest BCUT2D eigenvalue weighted by Crippen LogP contribution is 2.26. The molecular weight excluding hydrogens is 238 g/mol. The maximum Gasteiger partial charge on any atom is 0.114 e. The van der Waals surface area contributed by atoms with Gasteiger partial charge in [-0.15, -0.1) is 11.6 Å². The summed E-state index contributed by atoms with van der Waals surface area (Å²) in [6.45, 7) is 5.11. The van der Waals surface area contributed by atoms with Crippen molar-refractivity contribution in [2.75, 3.05) is 19.2 Å². The number of hydrogen-bond acceptors (Lipinski definition) is 4. The van der Waals surface area contributed by atoms with E-state index in [1.165, 1.54) is 5.70 Å². The van der Waals surface area contributed by atoms with Crippen molar-refractivity contribution in [1.29, 1.82) is 0 Å². The lowest BCUT2D eigenvalue weighted by Gasteiger charge is -2.23. The fourth-order valence-corrected chi connectivity index (χ4v) is 2.22. The van der Waals surface area contributed by atoms with E-state index < -0.39 is 0 Å². The lowest BCUT2D eigenvalue weighted by atomic mass is 9.97. The quantitative estimate of drug-likeness (QED) is 0.476. The fraction of sp³-hybridized carbons (Fsp3) is 0.500. The number of aliphatic imine (C=N–C) groups is 2. The van der Waals surface area contributed by atoms with Gasteiger partial charge >= 0.3 is 0 Å². The van der Waals surface area contributed by atoms with Gasteiger partial charge in [0.15, 0.2) is 0 Å². The van der Waals surface area contributed by atoms with Crippen LogP contribution in [0.2, 0.25) is 0 Å². The standard InChI is InChI=1S/C12H16ClN3O/c1-14-7-12-11(15-8-13)6-10(16-12)9-2-4-17-5-3-9/h6-7,9,16H,1-5,8H2/b12-7+,15-11-. The molecule has 5 heteroatoms. The first-order valence-electron chi connectivity index (χ1n) is 5.68. The molecule has 0 aromatic heterocycles. The van der Waals surface area contributed by atoms with E-state index in [9.17, 15) is 0 Å². The smallest absolute Gasteiger partial charge is 0.114 e. The Morgan fingerprint density at radius 1 is 1.53 bits per heavy atom. The number of alkyl halides is 1. The summed E-state index contributed by atoms with van der Waals surface area (Å²) in [7, 11) is 0. The zero-order chi connectivity index (χ0) is 12.1. The summed E-state index contributed by atoms with van der Waals surface area (Å²) in [5, 5.41) is 3.34. The summed E-state index contributed by atoms with van der Waals surface area (Å²) in [6, 6.07) is 0.253. The number of nitrogens with one attached hydrogen (secondary N) is 1. The molecule has 2 aliphatic heterocycles. The zero-order valence-electron chi connectivity index (χ0n) is 9.66. The van der Waals surface area contributed by atoms with Gasteiger partial charge in [-0.05, 0) is 25.6 Å². The number of halogens is 1. The third kappa shape index (κ3) is 2.96. The average Bonchev–Trinajstić information content (AvgIpc) is 2.75.